The molecule has 3 amide bonds. The molecular weight excluding hydrogens is 376 g/mol. The van der Waals surface area contributed by atoms with Gasteiger partial charge in [0.1, 0.15) is 0 Å². The van der Waals surface area contributed by atoms with Crippen LogP contribution < -0.4 is 10.2 Å². The quantitative estimate of drug-likeness (QED) is 0.632. The van der Waals surface area contributed by atoms with Gasteiger partial charge >= 0.3 is 0 Å². The third-order valence-electron chi connectivity index (χ3n) is 7.33. The highest BCUT2D eigenvalue weighted by molar-refractivity contribution is 6.22. The number of benzene rings is 2. The van der Waals surface area contributed by atoms with Crippen molar-refractivity contribution in [3.8, 4) is 0 Å². The molecule has 2 saturated carbocycles. The number of hydrogen-bond acceptors (Lipinski definition) is 3. The predicted octanol–water partition coefficient (Wildman–Crippen LogP) is 3.80. The minimum atomic E-state index is -0.220. The second kappa shape index (κ2) is 6.14. The summed E-state index contributed by atoms with van der Waals surface area (Å²) < 4.78 is 0. The number of anilines is 2. The molecule has 150 valence electrons. The van der Waals surface area contributed by atoms with Gasteiger partial charge in [-0.1, -0.05) is 24.3 Å². The Hall–Kier alpha value is -3.21. The van der Waals surface area contributed by atoms with Crippen LogP contribution >= 0.6 is 0 Å². The fourth-order valence-corrected chi connectivity index (χ4v) is 5.90. The molecule has 2 aromatic rings. The summed E-state index contributed by atoms with van der Waals surface area (Å²) in [4.78, 5) is 40.3. The van der Waals surface area contributed by atoms with Gasteiger partial charge in [0.15, 0.2) is 0 Å². The Morgan fingerprint density at radius 2 is 1.57 bits per heavy atom. The third-order valence-corrected chi connectivity index (χ3v) is 7.33. The van der Waals surface area contributed by atoms with Gasteiger partial charge in [0.05, 0.1) is 17.5 Å². The van der Waals surface area contributed by atoms with Gasteiger partial charge in [-0.3, -0.25) is 19.3 Å². The maximum atomic E-state index is 13.2. The molecule has 1 aliphatic heterocycles. The van der Waals surface area contributed by atoms with Gasteiger partial charge in [0, 0.05) is 11.3 Å². The maximum Gasteiger partial charge on any atom is 0.255 e. The molecule has 30 heavy (non-hydrogen) atoms. The monoisotopic (exact) mass is 398 g/mol. The Morgan fingerprint density at radius 3 is 2.17 bits per heavy atom. The summed E-state index contributed by atoms with van der Waals surface area (Å²) in [6.45, 7) is 1.97. The van der Waals surface area contributed by atoms with Crippen molar-refractivity contribution in [3.05, 3.63) is 71.8 Å². The number of aryl methyl sites for hydroxylation is 1. The zero-order valence-corrected chi connectivity index (χ0v) is 16.6. The summed E-state index contributed by atoms with van der Waals surface area (Å²) in [5, 5.41) is 2.88. The van der Waals surface area contributed by atoms with Gasteiger partial charge in [-0.25, -0.2) is 0 Å². The van der Waals surface area contributed by atoms with E-state index < -0.39 is 0 Å². The minimum Gasteiger partial charge on any atom is -0.322 e. The van der Waals surface area contributed by atoms with Crippen molar-refractivity contribution in [2.45, 2.75) is 13.3 Å². The van der Waals surface area contributed by atoms with Gasteiger partial charge < -0.3 is 5.32 Å². The zero-order valence-electron chi connectivity index (χ0n) is 16.6. The van der Waals surface area contributed by atoms with Crippen LogP contribution in [0.3, 0.4) is 0 Å². The average Bonchev–Trinajstić information content (AvgIpc) is 3.52. The topological polar surface area (TPSA) is 66.5 Å². The molecule has 5 heteroatoms. The van der Waals surface area contributed by atoms with Crippen LogP contribution in [0.5, 0.6) is 0 Å². The molecule has 7 rings (SSSR count). The molecule has 1 heterocycles. The molecule has 4 aliphatic carbocycles. The average molecular weight is 398 g/mol. The van der Waals surface area contributed by atoms with Crippen LogP contribution in [0.25, 0.3) is 0 Å². The van der Waals surface area contributed by atoms with E-state index in [2.05, 4.69) is 17.5 Å². The molecule has 0 aromatic heterocycles. The Kier molecular flexibility index (Phi) is 3.61. The summed E-state index contributed by atoms with van der Waals surface area (Å²) in [6.07, 6.45) is 5.50. The van der Waals surface area contributed by atoms with Crippen LogP contribution in [0.15, 0.2) is 60.7 Å². The number of imide groups is 1. The number of carbonyl (C=O) groups excluding carboxylic acids is 3. The number of amides is 3. The van der Waals surface area contributed by atoms with Crippen LogP contribution in [0.2, 0.25) is 0 Å². The van der Waals surface area contributed by atoms with Gasteiger partial charge in [-0.05, 0) is 79.0 Å². The van der Waals surface area contributed by atoms with E-state index in [1.54, 1.807) is 24.3 Å². The second-order valence-electron chi connectivity index (χ2n) is 9.04. The van der Waals surface area contributed by atoms with Gasteiger partial charge in [0.2, 0.25) is 11.8 Å². The number of allylic oxidation sites excluding steroid dienone is 2. The van der Waals surface area contributed by atoms with E-state index in [0.717, 1.165) is 17.7 Å². The van der Waals surface area contributed by atoms with Crippen molar-refractivity contribution in [3.63, 3.8) is 0 Å². The van der Waals surface area contributed by atoms with Crippen LogP contribution in [0.1, 0.15) is 22.3 Å². The molecule has 6 atom stereocenters. The zero-order chi connectivity index (χ0) is 20.6. The first-order valence-electron chi connectivity index (χ1n) is 10.6. The van der Waals surface area contributed by atoms with Crippen LogP contribution in [0.4, 0.5) is 11.4 Å². The summed E-state index contributed by atoms with van der Waals surface area (Å²) in [7, 11) is 0. The number of rotatable bonds is 3. The van der Waals surface area contributed by atoms with E-state index in [9.17, 15) is 14.4 Å². The summed E-state index contributed by atoms with van der Waals surface area (Å²) in [5.41, 5.74) is 2.84. The number of carbonyl (C=O) groups is 3. The van der Waals surface area contributed by atoms with Crippen molar-refractivity contribution in [1.29, 1.82) is 0 Å². The van der Waals surface area contributed by atoms with Crippen molar-refractivity contribution in [2.75, 3.05) is 10.2 Å². The molecule has 0 spiro atoms. The second-order valence-corrected chi connectivity index (χ2v) is 9.04. The first-order chi connectivity index (χ1) is 14.5. The number of nitrogens with one attached hydrogen (secondary N) is 1. The largest absolute Gasteiger partial charge is 0.322 e. The molecule has 1 saturated heterocycles. The first-order valence-corrected chi connectivity index (χ1v) is 10.6. The number of nitrogens with zero attached hydrogens (tertiary/aromatic N) is 1. The van der Waals surface area contributed by atoms with Crippen LogP contribution in [-0.2, 0) is 9.59 Å². The van der Waals surface area contributed by atoms with Crippen LogP contribution in [-0.4, -0.2) is 17.7 Å². The third kappa shape index (κ3) is 2.44. The predicted molar refractivity (Wildman–Crippen MR) is 113 cm³/mol. The molecule has 1 N–H and O–H groups in total. The molecule has 2 bridgehead atoms. The van der Waals surface area contributed by atoms with Crippen molar-refractivity contribution in [1.82, 2.24) is 0 Å². The Balaban J connectivity index is 1.23. The van der Waals surface area contributed by atoms with E-state index in [-0.39, 0.29) is 41.4 Å². The highest BCUT2D eigenvalue weighted by atomic mass is 16.2. The van der Waals surface area contributed by atoms with Gasteiger partial charge in [0.25, 0.3) is 5.91 Å². The molecule has 0 unspecified atom stereocenters. The SMILES string of the molecule is Cc1cccc(NC(=O)c2ccc(N3C(=O)[C@@H]4[C@H]5C=C[C@@H]([C@@H]6C[C@@H]56)[C@@H]4C3=O)cc2)c1. The molecule has 0 radical (unpaired) electrons. The lowest BCUT2D eigenvalue weighted by molar-refractivity contribution is -0.124. The minimum absolute atomic E-state index is 0.0772. The van der Waals surface area contributed by atoms with E-state index in [4.69, 9.17) is 0 Å². The fraction of sp³-hybridized carbons (Fsp3) is 0.320. The van der Waals surface area contributed by atoms with Crippen molar-refractivity contribution in [2.24, 2.45) is 35.5 Å². The van der Waals surface area contributed by atoms with E-state index in [0.29, 0.717) is 23.1 Å². The lowest BCUT2D eigenvalue weighted by Gasteiger charge is -2.37. The summed E-state index contributed by atoms with van der Waals surface area (Å²) in [6, 6.07) is 14.4. The van der Waals surface area contributed by atoms with Crippen molar-refractivity contribution < 1.29 is 14.4 Å². The molecule has 3 fully saturated rings. The fourth-order valence-electron chi connectivity index (χ4n) is 5.90. The highest BCUT2D eigenvalue weighted by Gasteiger charge is 2.67. The summed E-state index contributed by atoms with van der Waals surface area (Å²) in [5.74, 6) is 0.814. The number of hydrogen-bond donors (Lipinski definition) is 1. The lowest BCUT2D eigenvalue weighted by atomic mass is 9.63. The smallest absolute Gasteiger partial charge is 0.255 e. The first kappa shape index (κ1) is 17.6. The van der Waals surface area contributed by atoms with E-state index in [1.807, 2.05) is 31.2 Å². The Labute approximate surface area is 174 Å². The van der Waals surface area contributed by atoms with Gasteiger partial charge in [-0.2, -0.15) is 0 Å². The van der Waals surface area contributed by atoms with Crippen LogP contribution in [0, 0.1) is 42.4 Å². The lowest BCUT2D eigenvalue weighted by Crippen LogP contribution is -2.40. The summed E-state index contributed by atoms with van der Waals surface area (Å²) >= 11 is 0. The van der Waals surface area contributed by atoms with Gasteiger partial charge in [-0.15, -0.1) is 0 Å². The molecule has 5 aliphatic rings. The maximum absolute atomic E-state index is 13.2. The van der Waals surface area contributed by atoms with Crippen molar-refractivity contribution >= 4 is 29.1 Å². The van der Waals surface area contributed by atoms with E-state index >= 15 is 0 Å². The molecule has 5 nitrogen and oxygen atoms in total. The van der Waals surface area contributed by atoms with E-state index in [1.165, 1.54) is 4.90 Å². The Bertz CT molecular complexity index is 1080. The normalized spacial score (nSPS) is 32.8. The highest BCUT2D eigenvalue weighted by Crippen LogP contribution is 2.65. The molecular formula is C25H22N2O3. The standard InChI is InChI=1S/C25H22N2O3/c1-13-3-2-4-15(11-13)26-23(28)14-5-7-16(8-6-14)27-24(29)21-17-9-10-18(20-12-19(17)20)22(21)25(27)30/h2-11,17-22H,12H2,1H3,(H,26,28)/t17-,18-,19-,20-,21-,22+/m0/s1. The molecule has 2 aromatic carbocycles. The Morgan fingerprint density at radius 1 is 0.933 bits per heavy atom.